The van der Waals surface area contributed by atoms with Crippen LogP contribution in [-0.2, 0) is 6.54 Å². The molecule has 1 aromatic heterocycles. The molecular formula is C16H15FN2. The Labute approximate surface area is 111 Å². The average molecular weight is 254 g/mol. The predicted octanol–water partition coefficient (Wildman–Crippen LogP) is 4.05. The molecule has 2 N–H and O–H groups in total. The van der Waals surface area contributed by atoms with Gasteiger partial charge < -0.3 is 10.3 Å². The number of nitrogen functional groups attached to an aromatic ring is 1. The zero-order valence-electron chi connectivity index (χ0n) is 10.7. The molecule has 0 bridgehead atoms. The minimum Gasteiger partial charge on any atom is -0.399 e. The Kier molecular flexibility index (Phi) is 2.75. The Morgan fingerprint density at radius 1 is 1.11 bits per heavy atom. The van der Waals surface area contributed by atoms with Crippen LogP contribution in [0, 0.1) is 5.82 Å². The minimum absolute atomic E-state index is 0.218. The molecule has 19 heavy (non-hydrogen) atoms. The van der Waals surface area contributed by atoms with Crippen LogP contribution < -0.4 is 5.73 Å². The van der Waals surface area contributed by atoms with E-state index in [0.717, 1.165) is 34.4 Å². The van der Waals surface area contributed by atoms with Gasteiger partial charge in [-0.1, -0.05) is 12.1 Å². The molecule has 0 unspecified atom stereocenters. The number of hydrogen-bond donors (Lipinski definition) is 1. The van der Waals surface area contributed by atoms with Gasteiger partial charge in [0.05, 0.1) is 0 Å². The van der Waals surface area contributed by atoms with Crippen LogP contribution >= 0.6 is 0 Å². The summed E-state index contributed by atoms with van der Waals surface area (Å²) in [6, 6.07) is 14.6. The fourth-order valence-electron chi connectivity index (χ4n) is 2.52. The molecule has 96 valence electrons. The van der Waals surface area contributed by atoms with E-state index in [9.17, 15) is 4.39 Å². The van der Waals surface area contributed by atoms with Gasteiger partial charge in [-0.3, -0.25) is 0 Å². The van der Waals surface area contributed by atoms with Crippen LogP contribution in [0.25, 0.3) is 22.2 Å². The standard InChI is InChI=1S/C16H15FN2/c1-2-19-15-7-6-14(18)9-12(15)10-16(19)11-4-3-5-13(17)8-11/h3-10H,2,18H2,1H3. The van der Waals surface area contributed by atoms with Crippen molar-refractivity contribution in [2.45, 2.75) is 13.5 Å². The summed E-state index contributed by atoms with van der Waals surface area (Å²) in [5.74, 6) is -0.218. The molecule has 3 heteroatoms. The molecule has 0 aliphatic rings. The van der Waals surface area contributed by atoms with Gasteiger partial charge in [0.15, 0.2) is 0 Å². The second-order valence-corrected chi connectivity index (χ2v) is 4.60. The number of nitrogens with two attached hydrogens (primary N) is 1. The summed E-state index contributed by atoms with van der Waals surface area (Å²) >= 11 is 0. The second kappa shape index (κ2) is 4.43. The molecule has 0 amide bonds. The summed E-state index contributed by atoms with van der Waals surface area (Å²) < 4.78 is 15.5. The van der Waals surface area contributed by atoms with Gasteiger partial charge in [0.1, 0.15) is 5.82 Å². The number of rotatable bonds is 2. The zero-order valence-corrected chi connectivity index (χ0v) is 10.7. The molecule has 0 spiro atoms. The van der Waals surface area contributed by atoms with Crippen molar-refractivity contribution in [3.05, 3.63) is 54.3 Å². The number of anilines is 1. The van der Waals surface area contributed by atoms with Crippen LogP contribution in [-0.4, -0.2) is 4.57 Å². The fourth-order valence-corrected chi connectivity index (χ4v) is 2.52. The molecule has 0 aliphatic carbocycles. The van der Waals surface area contributed by atoms with Crippen LogP contribution in [0.1, 0.15) is 6.92 Å². The van der Waals surface area contributed by atoms with E-state index in [0.29, 0.717) is 0 Å². The van der Waals surface area contributed by atoms with Crippen molar-refractivity contribution in [1.29, 1.82) is 0 Å². The number of aromatic nitrogens is 1. The van der Waals surface area contributed by atoms with E-state index in [1.54, 1.807) is 12.1 Å². The fraction of sp³-hybridized carbons (Fsp3) is 0.125. The van der Waals surface area contributed by atoms with Gasteiger partial charge in [-0.05, 0) is 43.3 Å². The predicted molar refractivity (Wildman–Crippen MR) is 77.4 cm³/mol. The summed E-state index contributed by atoms with van der Waals surface area (Å²) in [4.78, 5) is 0. The van der Waals surface area contributed by atoms with Crippen molar-refractivity contribution in [1.82, 2.24) is 4.57 Å². The number of aryl methyl sites for hydroxylation is 1. The van der Waals surface area contributed by atoms with E-state index < -0.39 is 0 Å². The molecule has 0 fully saturated rings. The quantitative estimate of drug-likeness (QED) is 0.687. The minimum atomic E-state index is -0.218. The smallest absolute Gasteiger partial charge is 0.123 e. The van der Waals surface area contributed by atoms with Crippen LogP contribution in [0.5, 0.6) is 0 Å². The number of fused-ring (bicyclic) bond motifs is 1. The van der Waals surface area contributed by atoms with Gasteiger partial charge in [-0.25, -0.2) is 4.39 Å². The van der Waals surface area contributed by atoms with Crippen molar-refractivity contribution in [2.24, 2.45) is 0 Å². The Morgan fingerprint density at radius 3 is 2.68 bits per heavy atom. The van der Waals surface area contributed by atoms with E-state index >= 15 is 0 Å². The lowest BCUT2D eigenvalue weighted by atomic mass is 10.1. The second-order valence-electron chi connectivity index (χ2n) is 4.60. The van der Waals surface area contributed by atoms with E-state index in [1.165, 1.54) is 6.07 Å². The molecule has 3 aromatic rings. The first kappa shape index (κ1) is 11.8. The lowest BCUT2D eigenvalue weighted by molar-refractivity contribution is 0.628. The molecule has 0 atom stereocenters. The molecular weight excluding hydrogens is 239 g/mol. The van der Waals surface area contributed by atoms with Crippen molar-refractivity contribution in [2.75, 3.05) is 5.73 Å². The highest BCUT2D eigenvalue weighted by atomic mass is 19.1. The van der Waals surface area contributed by atoms with E-state index in [1.807, 2.05) is 24.3 Å². The third-order valence-electron chi connectivity index (χ3n) is 3.36. The first-order chi connectivity index (χ1) is 9.19. The molecule has 3 rings (SSSR count). The first-order valence-corrected chi connectivity index (χ1v) is 6.33. The topological polar surface area (TPSA) is 30.9 Å². The van der Waals surface area contributed by atoms with Crippen molar-refractivity contribution in [3.63, 3.8) is 0 Å². The van der Waals surface area contributed by atoms with Gasteiger partial charge in [0.2, 0.25) is 0 Å². The maximum absolute atomic E-state index is 13.4. The van der Waals surface area contributed by atoms with E-state index in [2.05, 4.69) is 17.6 Å². The number of benzene rings is 2. The molecule has 0 radical (unpaired) electrons. The van der Waals surface area contributed by atoms with E-state index in [4.69, 9.17) is 5.73 Å². The number of hydrogen-bond acceptors (Lipinski definition) is 1. The van der Waals surface area contributed by atoms with Crippen molar-refractivity contribution >= 4 is 16.6 Å². The van der Waals surface area contributed by atoms with Gasteiger partial charge in [0, 0.05) is 34.4 Å². The first-order valence-electron chi connectivity index (χ1n) is 6.33. The van der Waals surface area contributed by atoms with Crippen molar-refractivity contribution < 1.29 is 4.39 Å². The maximum atomic E-state index is 13.4. The molecule has 0 saturated carbocycles. The summed E-state index contributed by atoms with van der Waals surface area (Å²) in [6.07, 6.45) is 0. The monoisotopic (exact) mass is 254 g/mol. The summed E-state index contributed by atoms with van der Waals surface area (Å²) in [7, 11) is 0. The largest absolute Gasteiger partial charge is 0.399 e. The van der Waals surface area contributed by atoms with E-state index in [-0.39, 0.29) is 5.82 Å². The Hall–Kier alpha value is -2.29. The highest BCUT2D eigenvalue weighted by Crippen LogP contribution is 2.29. The van der Waals surface area contributed by atoms with Gasteiger partial charge in [-0.2, -0.15) is 0 Å². The third-order valence-corrected chi connectivity index (χ3v) is 3.36. The van der Waals surface area contributed by atoms with Gasteiger partial charge in [0.25, 0.3) is 0 Å². The lowest BCUT2D eigenvalue weighted by Crippen LogP contribution is -1.96. The highest BCUT2D eigenvalue weighted by molar-refractivity contribution is 5.89. The number of halogens is 1. The SMILES string of the molecule is CCn1c(-c2cccc(F)c2)cc2cc(N)ccc21. The van der Waals surface area contributed by atoms with Crippen LogP contribution in [0.4, 0.5) is 10.1 Å². The van der Waals surface area contributed by atoms with Crippen LogP contribution in [0.15, 0.2) is 48.5 Å². The Balaban J connectivity index is 2.28. The molecule has 2 nitrogen and oxygen atoms in total. The molecule has 0 saturated heterocycles. The molecule has 0 aliphatic heterocycles. The average Bonchev–Trinajstić information content (AvgIpc) is 2.76. The number of nitrogens with zero attached hydrogens (tertiary/aromatic N) is 1. The highest BCUT2D eigenvalue weighted by Gasteiger charge is 2.10. The third kappa shape index (κ3) is 1.97. The van der Waals surface area contributed by atoms with Crippen molar-refractivity contribution in [3.8, 4) is 11.3 Å². The molecule has 1 heterocycles. The van der Waals surface area contributed by atoms with Gasteiger partial charge >= 0.3 is 0 Å². The summed E-state index contributed by atoms with van der Waals surface area (Å²) in [5.41, 5.74) is 9.58. The Morgan fingerprint density at radius 2 is 1.95 bits per heavy atom. The normalized spacial score (nSPS) is 11.1. The van der Waals surface area contributed by atoms with Gasteiger partial charge in [-0.15, -0.1) is 0 Å². The van der Waals surface area contributed by atoms with Crippen LogP contribution in [0.2, 0.25) is 0 Å². The molecule has 2 aromatic carbocycles. The zero-order chi connectivity index (χ0) is 13.4. The lowest BCUT2D eigenvalue weighted by Gasteiger charge is -2.08. The summed E-state index contributed by atoms with van der Waals surface area (Å²) in [5, 5.41) is 1.08. The summed E-state index contributed by atoms with van der Waals surface area (Å²) in [6.45, 7) is 2.91. The van der Waals surface area contributed by atoms with Crippen LogP contribution in [0.3, 0.4) is 0 Å². The maximum Gasteiger partial charge on any atom is 0.123 e. The Bertz CT molecular complexity index is 744.